The molecule has 0 unspecified atom stereocenters. The highest BCUT2D eigenvalue weighted by Gasteiger charge is 2.23. The van der Waals surface area contributed by atoms with E-state index in [2.05, 4.69) is 126 Å². The summed E-state index contributed by atoms with van der Waals surface area (Å²) in [7, 11) is 0. The van der Waals surface area contributed by atoms with Gasteiger partial charge in [-0.15, -0.1) is 0 Å². The molecule has 2 heterocycles. The molecule has 0 aliphatic carbocycles. The number of anilines is 3. The Kier molecular flexibility index (Phi) is 7.73. The summed E-state index contributed by atoms with van der Waals surface area (Å²) < 4.78 is 6.93. The van der Waals surface area contributed by atoms with Crippen molar-refractivity contribution < 1.29 is 4.42 Å². The van der Waals surface area contributed by atoms with Crippen LogP contribution in [0.2, 0.25) is 0 Å². The number of furan rings is 1. The molecule has 0 amide bonds. The van der Waals surface area contributed by atoms with E-state index in [-0.39, 0.29) is 0 Å². The Morgan fingerprint density at radius 2 is 0.852 bits per heavy atom. The molecule has 0 N–H and O–H groups in total. The minimum absolute atomic E-state index is 0.533. The number of hydrogen-bond acceptors (Lipinski definition) is 5. The monoisotopic (exact) mass is 692 g/mol. The predicted octanol–water partition coefficient (Wildman–Crippen LogP) is 13.1. The van der Waals surface area contributed by atoms with Gasteiger partial charge in [0.25, 0.3) is 0 Å². The average molecular weight is 693 g/mol. The fraction of sp³-hybridized carbons (Fsp3) is 0. The quantitative estimate of drug-likeness (QED) is 0.166. The lowest BCUT2D eigenvalue weighted by atomic mass is 10.0. The van der Waals surface area contributed by atoms with Crippen LogP contribution >= 0.6 is 0 Å². The van der Waals surface area contributed by atoms with Gasteiger partial charge in [-0.1, -0.05) is 152 Å². The Morgan fingerprint density at radius 3 is 1.50 bits per heavy atom. The lowest BCUT2D eigenvalue weighted by Gasteiger charge is -2.26. The standard InChI is InChI=1S/C49H32N4O/c1-5-15-33(16-6-1)34-25-28-39(29-26-34)53(38-22-11-4-12-23-38)40-31-43-42-30-27-35-17-13-14-24-41(35)45(42)54-46(43)44(32-40)49-51-47(36-18-7-2-8-19-36)50-48(52-49)37-20-9-3-10-21-37/h1-32H. The van der Waals surface area contributed by atoms with Crippen molar-refractivity contribution in [1.82, 2.24) is 15.0 Å². The lowest BCUT2D eigenvalue weighted by Crippen LogP contribution is -2.10. The van der Waals surface area contributed by atoms with Gasteiger partial charge in [0.1, 0.15) is 11.2 Å². The molecular formula is C49H32N4O. The van der Waals surface area contributed by atoms with Gasteiger partial charge in [-0.2, -0.15) is 0 Å². The first-order valence-corrected chi connectivity index (χ1v) is 18.0. The molecule has 8 aromatic carbocycles. The molecule has 10 rings (SSSR count). The molecule has 0 bridgehead atoms. The minimum Gasteiger partial charge on any atom is -0.455 e. The Balaban J connectivity index is 1.26. The van der Waals surface area contributed by atoms with E-state index in [0.29, 0.717) is 17.5 Å². The number of aromatic nitrogens is 3. The highest BCUT2D eigenvalue weighted by Crippen LogP contribution is 2.44. The number of nitrogens with zero attached hydrogens (tertiary/aromatic N) is 4. The fourth-order valence-corrected chi connectivity index (χ4v) is 7.27. The van der Waals surface area contributed by atoms with E-state index in [1.54, 1.807) is 0 Å². The fourth-order valence-electron chi connectivity index (χ4n) is 7.27. The molecule has 5 heteroatoms. The van der Waals surface area contributed by atoms with Crippen molar-refractivity contribution >= 4 is 49.8 Å². The molecule has 2 aromatic heterocycles. The number of fused-ring (bicyclic) bond motifs is 5. The van der Waals surface area contributed by atoms with Gasteiger partial charge in [-0.05, 0) is 59.0 Å². The first-order chi connectivity index (χ1) is 26.8. The second-order valence-electron chi connectivity index (χ2n) is 13.3. The molecule has 0 aliphatic heterocycles. The van der Waals surface area contributed by atoms with Gasteiger partial charge in [-0.3, -0.25) is 0 Å². The maximum Gasteiger partial charge on any atom is 0.167 e. The highest BCUT2D eigenvalue weighted by atomic mass is 16.3. The summed E-state index contributed by atoms with van der Waals surface area (Å²) in [5, 5.41) is 4.18. The zero-order valence-corrected chi connectivity index (χ0v) is 29.2. The Hall–Kier alpha value is -7.37. The van der Waals surface area contributed by atoms with Crippen molar-refractivity contribution in [2.24, 2.45) is 0 Å². The predicted molar refractivity (Wildman–Crippen MR) is 221 cm³/mol. The third-order valence-corrected chi connectivity index (χ3v) is 9.89. The third-order valence-electron chi connectivity index (χ3n) is 9.89. The summed E-state index contributed by atoms with van der Waals surface area (Å²) >= 11 is 0. The molecule has 54 heavy (non-hydrogen) atoms. The van der Waals surface area contributed by atoms with Crippen molar-refractivity contribution in [2.45, 2.75) is 0 Å². The van der Waals surface area contributed by atoms with E-state index in [1.165, 1.54) is 5.56 Å². The molecule has 254 valence electrons. The van der Waals surface area contributed by atoms with Crippen LogP contribution in [-0.4, -0.2) is 15.0 Å². The van der Waals surface area contributed by atoms with Crippen molar-refractivity contribution in [3.63, 3.8) is 0 Å². The van der Waals surface area contributed by atoms with Crippen LogP contribution in [0.5, 0.6) is 0 Å². The van der Waals surface area contributed by atoms with Gasteiger partial charge in [0.05, 0.1) is 5.56 Å². The summed E-state index contributed by atoms with van der Waals surface area (Å²) in [5.41, 5.74) is 9.49. The van der Waals surface area contributed by atoms with Crippen LogP contribution in [-0.2, 0) is 0 Å². The van der Waals surface area contributed by atoms with Gasteiger partial charge >= 0.3 is 0 Å². The normalized spacial score (nSPS) is 11.3. The van der Waals surface area contributed by atoms with E-state index in [9.17, 15) is 0 Å². The molecule has 10 aromatic rings. The minimum atomic E-state index is 0.533. The van der Waals surface area contributed by atoms with E-state index in [1.807, 2.05) is 72.8 Å². The third kappa shape index (κ3) is 5.65. The maximum atomic E-state index is 6.93. The number of benzene rings is 8. The molecule has 0 aliphatic rings. The molecule has 5 nitrogen and oxygen atoms in total. The van der Waals surface area contributed by atoms with Crippen molar-refractivity contribution in [1.29, 1.82) is 0 Å². The van der Waals surface area contributed by atoms with Gasteiger partial charge in [0.2, 0.25) is 0 Å². The summed E-state index contributed by atoms with van der Waals surface area (Å²) in [4.78, 5) is 17.6. The first-order valence-electron chi connectivity index (χ1n) is 18.0. The summed E-state index contributed by atoms with van der Waals surface area (Å²) in [6, 6.07) is 66.9. The summed E-state index contributed by atoms with van der Waals surface area (Å²) in [6.07, 6.45) is 0. The second-order valence-corrected chi connectivity index (χ2v) is 13.3. The molecule has 0 saturated heterocycles. The largest absolute Gasteiger partial charge is 0.455 e. The lowest BCUT2D eigenvalue weighted by molar-refractivity contribution is 0.673. The van der Waals surface area contributed by atoms with Crippen molar-refractivity contribution in [3.05, 3.63) is 194 Å². The van der Waals surface area contributed by atoms with Crippen LogP contribution in [0.3, 0.4) is 0 Å². The Morgan fingerprint density at radius 1 is 0.333 bits per heavy atom. The average Bonchev–Trinajstić information content (AvgIpc) is 3.64. The molecule has 0 fully saturated rings. The maximum absolute atomic E-state index is 6.93. The zero-order valence-electron chi connectivity index (χ0n) is 29.2. The number of hydrogen-bond donors (Lipinski definition) is 0. The van der Waals surface area contributed by atoms with E-state index < -0.39 is 0 Å². The van der Waals surface area contributed by atoms with Gasteiger partial charge in [0, 0.05) is 44.3 Å². The Bertz CT molecular complexity index is 2850. The Labute approximate surface area is 312 Å². The number of rotatable bonds is 7. The smallest absolute Gasteiger partial charge is 0.167 e. The van der Waals surface area contributed by atoms with Gasteiger partial charge < -0.3 is 9.32 Å². The van der Waals surface area contributed by atoms with E-state index in [4.69, 9.17) is 19.4 Å². The van der Waals surface area contributed by atoms with Crippen LogP contribution in [0.15, 0.2) is 199 Å². The zero-order chi connectivity index (χ0) is 35.8. The summed E-state index contributed by atoms with van der Waals surface area (Å²) in [6.45, 7) is 0. The van der Waals surface area contributed by atoms with E-state index in [0.717, 1.165) is 72.0 Å². The van der Waals surface area contributed by atoms with Crippen molar-refractivity contribution in [3.8, 4) is 45.3 Å². The van der Waals surface area contributed by atoms with Crippen molar-refractivity contribution in [2.75, 3.05) is 4.90 Å². The van der Waals surface area contributed by atoms with Crippen LogP contribution < -0.4 is 4.90 Å². The first kappa shape index (κ1) is 31.4. The van der Waals surface area contributed by atoms with Crippen LogP contribution in [0.4, 0.5) is 17.1 Å². The summed E-state index contributed by atoms with van der Waals surface area (Å²) in [5.74, 6) is 1.72. The van der Waals surface area contributed by atoms with Crippen LogP contribution in [0, 0.1) is 0 Å². The van der Waals surface area contributed by atoms with Gasteiger partial charge in [0.15, 0.2) is 17.5 Å². The molecule has 0 atom stereocenters. The van der Waals surface area contributed by atoms with Gasteiger partial charge in [-0.25, -0.2) is 15.0 Å². The molecule has 0 spiro atoms. The van der Waals surface area contributed by atoms with E-state index >= 15 is 0 Å². The second kappa shape index (κ2) is 13.3. The SMILES string of the molecule is c1ccc(-c2ccc(N(c3ccccc3)c3cc(-c4nc(-c5ccccc5)nc(-c5ccccc5)n4)c4oc5c6ccccc6ccc5c4c3)cc2)cc1. The molecule has 0 radical (unpaired) electrons. The van der Waals surface area contributed by atoms with Crippen LogP contribution in [0.25, 0.3) is 78.0 Å². The molecule has 0 saturated carbocycles. The molecular weight excluding hydrogens is 661 g/mol. The van der Waals surface area contributed by atoms with Crippen LogP contribution in [0.1, 0.15) is 0 Å². The number of para-hydroxylation sites is 1. The topological polar surface area (TPSA) is 55.1 Å². The highest BCUT2D eigenvalue weighted by molar-refractivity contribution is 6.18.